The highest BCUT2D eigenvalue weighted by molar-refractivity contribution is 5.73. The number of unbranched alkanes of at least 4 members (excludes halogenated alkanes) is 17. The van der Waals surface area contributed by atoms with E-state index in [2.05, 4.69) is 19.0 Å². The smallest absolute Gasteiger partial charge is 0.217 e. The topological polar surface area (TPSA) is 46.3 Å². The second kappa shape index (κ2) is 20.7. The van der Waals surface area contributed by atoms with Crippen molar-refractivity contribution < 1.29 is 4.79 Å². The highest BCUT2D eigenvalue weighted by Gasteiger charge is 1.97. The summed E-state index contributed by atoms with van der Waals surface area (Å²) in [4.78, 5) is 12.9. The van der Waals surface area contributed by atoms with E-state index in [4.69, 9.17) is 5.73 Å². The third-order valence-electron chi connectivity index (χ3n) is 5.28. The van der Waals surface area contributed by atoms with Gasteiger partial charge in [-0.2, -0.15) is 0 Å². The van der Waals surface area contributed by atoms with Crippen LogP contribution in [0.2, 0.25) is 0 Å². The van der Waals surface area contributed by atoms with Gasteiger partial charge >= 0.3 is 0 Å². The molecule has 3 heteroatoms. The second-order valence-corrected chi connectivity index (χ2v) is 8.38. The molecule has 0 atom stereocenters. The molecular formula is C23H48N2O. The molecule has 1 amide bonds. The zero-order valence-electron chi connectivity index (χ0n) is 18.1. The first-order valence-corrected chi connectivity index (χ1v) is 11.6. The number of carbonyl (C=O) groups is 1. The average molecular weight is 369 g/mol. The first kappa shape index (κ1) is 25.4. The Kier molecular flexibility index (Phi) is 20.3. The highest BCUT2D eigenvalue weighted by atomic mass is 16.1. The van der Waals surface area contributed by atoms with Crippen molar-refractivity contribution in [3.63, 3.8) is 0 Å². The van der Waals surface area contributed by atoms with Crippen LogP contribution in [0, 0.1) is 0 Å². The van der Waals surface area contributed by atoms with Gasteiger partial charge in [-0.05, 0) is 33.5 Å². The summed E-state index contributed by atoms with van der Waals surface area (Å²) in [5.41, 5.74) is 5.14. The molecule has 26 heavy (non-hydrogen) atoms. The van der Waals surface area contributed by atoms with Crippen molar-refractivity contribution in [3.05, 3.63) is 0 Å². The number of amides is 1. The number of nitrogens with two attached hydrogens (primary N) is 1. The summed E-state index contributed by atoms with van der Waals surface area (Å²) in [7, 11) is 4.33. The number of carbonyl (C=O) groups excluding carboxylic acids is 1. The maximum absolute atomic E-state index is 10.6. The van der Waals surface area contributed by atoms with Crippen LogP contribution < -0.4 is 5.73 Å². The summed E-state index contributed by atoms with van der Waals surface area (Å²) in [6.07, 6.45) is 25.2. The van der Waals surface area contributed by atoms with Crippen LogP contribution in [0.1, 0.15) is 122 Å². The van der Waals surface area contributed by atoms with Crippen LogP contribution in [0.15, 0.2) is 0 Å². The molecule has 0 saturated carbocycles. The molecule has 0 aromatic rings. The predicted octanol–water partition coefficient (Wildman–Crippen LogP) is 6.45. The lowest BCUT2D eigenvalue weighted by atomic mass is 10.0. The van der Waals surface area contributed by atoms with Crippen molar-refractivity contribution >= 4 is 5.91 Å². The summed E-state index contributed by atoms with van der Waals surface area (Å²) in [5.74, 6) is -0.152. The summed E-state index contributed by atoms with van der Waals surface area (Å²) in [5, 5.41) is 0. The lowest BCUT2D eigenvalue weighted by Gasteiger charge is -2.08. The van der Waals surface area contributed by atoms with Crippen molar-refractivity contribution in [2.45, 2.75) is 122 Å². The zero-order valence-corrected chi connectivity index (χ0v) is 18.1. The minimum absolute atomic E-state index is 0.152. The van der Waals surface area contributed by atoms with Crippen molar-refractivity contribution in [3.8, 4) is 0 Å². The van der Waals surface area contributed by atoms with E-state index in [0.717, 1.165) is 6.42 Å². The van der Waals surface area contributed by atoms with Gasteiger partial charge in [0, 0.05) is 6.42 Å². The molecule has 2 N–H and O–H groups in total. The highest BCUT2D eigenvalue weighted by Crippen LogP contribution is 2.14. The van der Waals surface area contributed by atoms with Crippen molar-refractivity contribution in [1.82, 2.24) is 4.90 Å². The van der Waals surface area contributed by atoms with Crippen LogP contribution in [-0.2, 0) is 4.79 Å². The molecule has 156 valence electrons. The van der Waals surface area contributed by atoms with Crippen molar-refractivity contribution in [1.29, 1.82) is 0 Å². The fraction of sp³-hybridized carbons (Fsp3) is 0.957. The van der Waals surface area contributed by atoms with E-state index >= 15 is 0 Å². The largest absolute Gasteiger partial charge is 0.370 e. The fourth-order valence-electron chi connectivity index (χ4n) is 3.56. The lowest BCUT2D eigenvalue weighted by molar-refractivity contribution is -0.118. The van der Waals surface area contributed by atoms with Crippen LogP contribution in [0.5, 0.6) is 0 Å². The quantitative estimate of drug-likeness (QED) is 0.237. The van der Waals surface area contributed by atoms with Gasteiger partial charge in [-0.15, -0.1) is 0 Å². The Morgan fingerprint density at radius 3 is 1.08 bits per heavy atom. The van der Waals surface area contributed by atoms with Gasteiger partial charge in [-0.1, -0.05) is 103 Å². The summed E-state index contributed by atoms with van der Waals surface area (Å²) < 4.78 is 0. The van der Waals surface area contributed by atoms with Gasteiger partial charge in [-0.3, -0.25) is 4.79 Å². The van der Waals surface area contributed by atoms with Crippen molar-refractivity contribution in [2.24, 2.45) is 5.73 Å². The molecule has 0 aliphatic heterocycles. The Balaban J connectivity index is 3.00. The molecule has 0 aliphatic rings. The van der Waals surface area contributed by atoms with Gasteiger partial charge < -0.3 is 10.6 Å². The zero-order chi connectivity index (χ0) is 19.3. The molecular weight excluding hydrogens is 320 g/mol. The van der Waals surface area contributed by atoms with Gasteiger partial charge in [0.2, 0.25) is 5.91 Å². The maximum atomic E-state index is 10.6. The molecule has 0 unspecified atom stereocenters. The molecule has 0 aromatic heterocycles. The van der Waals surface area contributed by atoms with Crippen LogP contribution in [0.4, 0.5) is 0 Å². The van der Waals surface area contributed by atoms with Gasteiger partial charge in [-0.25, -0.2) is 0 Å². The molecule has 0 aliphatic carbocycles. The van der Waals surface area contributed by atoms with E-state index in [1.165, 1.54) is 116 Å². The van der Waals surface area contributed by atoms with E-state index in [9.17, 15) is 4.79 Å². The van der Waals surface area contributed by atoms with E-state index in [1.807, 2.05) is 0 Å². The Bertz CT molecular complexity index is 292. The molecule has 0 saturated heterocycles. The lowest BCUT2D eigenvalue weighted by Crippen LogP contribution is -2.12. The van der Waals surface area contributed by atoms with E-state index in [1.54, 1.807) is 0 Å². The van der Waals surface area contributed by atoms with E-state index in [-0.39, 0.29) is 5.91 Å². The molecule has 0 aromatic carbocycles. The van der Waals surface area contributed by atoms with Gasteiger partial charge in [0.25, 0.3) is 0 Å². The Morgan fingerprint density at radius 1 is 0.538 bits per heavy atom. The maximum Gasteiger partial charge on any atom is 0.217 e. The van der Waals surface area contributed by atoms with Gasteiger partial charge in [0.1, 0.15) is 0 Å². The first-order valence-electron chi connectivity index (χ1n) is 11.6. The number of hydrogen-bond acceptors (Lipinski definition) is 2. The normalized spacial score (nSPS) is 11.3. The minimum Gasteiger partial charge on any atom is -0.370 e. The van der Waals surface area contributed by atoms with Gasteiger partial charge in [0.15, 0.2) is 0 Å². The second-order valence-electron chi connectivity index (χ2n) is 8.38. The molecule has 3 nitrogen and oxygen atoms in total. The number of rotatable bonds is 21. The average Bonchev–Trinajstić information content (AvgIpc) is 2.59. The van der Waals surface area contributed by atoms with Crippen LogP contribution in [0.25, 0.3) is 0 Å². The number of primary amides is 1. The molecule has 0 spiro atoms. The van der Waals surface area contributed by atoms with Crippen LogP contribution in [0.3, 0.4) is 0 Å². The fourth-order valence-corrected chi connectivity index (χ4v) is 3.56. The van der Waals surface area contributed by atoms with Crippen LogP contribution in [-0.4, -0.2) is 31.4 Å². The number of nitrogens with zero attached hydrogens (tertiary/aromatic N) is 1. The predicted molar refractivity (Wildman–Crippen MR) is 115 cm³/mol. The standard InChI is InChI=1S/C23H48N2O/c1-25(2)22-20-18-16-14-12-10-8-6-4-3-5-7-9-11-13-15-17-19-21-23(24)26/h3-22H2,1-2H3,(H2,24,26). The molecule has 0 bridgehead atoms. The molecule has 0 heterocycles. The molecule has 0 rings (SSSR count). The molecule has 0 radical (unpaired) electrons. The molecule has 0 fully saturated rings. The van der Waals surface area contributed by atoms with E-state index in [0.29, 0.717) is 6.42 Å². The summed E-state index contributed by atoms with van der Waals surface area (Å²) >= 11 is 0. The van der Waals surface area contributed by atoms with Crippen LogP contribution >= 0.6 is 0 Å². The Hall–Kier alpha value is -0.570. The Labute approximate surface area is 164 Å². The Morgan fingerprint density at radius 2 is 0.808 bits per heavy atom. The van der Waals surface area contributed by atoms with Gasteiger partial charge in [0.05, 0.1) is 0 Å². The van der Waals surface area contributed by atoms with Crippen molar-refractivity contribution in [2.75, 3.05) is 20.6 Å². The first-order chi connectivity index (χ1) is 12.6. The number of hydrogen-bond donors (Lipinski definition) is 1. The SMILES string of the molecule is CN(C)CCCCCCCCCCCCCCCCCCCCC(N)=O. The minimum atomic E-state index is -0.152. The third-order valence-corrected chi connectivity index (χ3v) is 5.28. The third kappa shape index (κ3) is 23.4. The monoisotopic (exact) mass is 368 g/mol. The van der Waals surface area contributed by atoms with E-state index < -0.39 is 0 Å². The summed E-state index contributed by atoms with van der Waals surface area (Å²) in [6, 6.07) is 0. The summed E-state index contributed by atoms with van der Waals surface area (Å²) in [6.45, 7) is 1.25.